The number of nitrogens with zero attached hydrogens (tertiary/aromatic N) is 1. The number of aliphatic hydroxyl groups excluding tert-OH is 1. The lowest BCUT2D eigenvalue weighted by molar-refractivity contribution is 0.232. The van der Waals surface area contributed by atoms with E-state index in [1.807, 2.05) is 25.1 Å². The molecule has 0 bridgehead atoms. The molecule has 0 aliphatic carbocycles. The van der Waals surface area contributed by atoms with Crippen LogP contribution in [0, 0.1) is 25.1 Å². The van der Waals surface area contributed by atoms with E-state index >= 15 is 0 Å². The summed E-state index contributed by atoms with van der Waals surface area (Å²) in [4.78, 5) is 4.26. The minimum atomic E-state index is -0.853. The molecule has 0 saturated heterocycles. The molecule has 2 nitrogen and oxygen atoms in total. The van der Waals surface area contributed by atoms with Crippen LogP contribution in [0.3, 0.4) is 0 Å². The molecule has 1 atom stereocenters. The van der Waals surface area contributed by atoms with Gasteiger partial charge >= 0.3 is 0 Å². The Morgan fingerprint density at radius 2 is 2.04 bits per heavy atom. The van der Waals surface area contributed by atoms with Gasteiger partial charge in [0.25, 0.3) is 0 Å². The molecule has 23 heavy (non-hydrogen) atoms. The van der Waals surface area contributed by atoms with E-state index in [4.69, 9.17) is 6.42 Å². The summed E-state index contributed by atoms with van der Waals surface area (Å²) in [6.45, 7) is 1.98. The number of aryl methyl sites for hydroxylation is 1. The summed E-state index contributed by atoms with van der Waals surface area (Å²) in [7, 11) is 0. The van der Waals surface area contributed by atoms with Gasteiger partial charge in [-0.15, -0.1) is 6.42 Å². The maximum absolute atomic E-state index is 14.8. The molecule has 1 aromatic heterocycles. The van der Waals surface area contributed by atoms with Gasteiger partial charge in [0, 0.05) is 34.8 Å². The molecule has 0 amide bonds. The van der Waals surface area contributed by atoms with Crippen molar-refractivity contribution < 1.29 is 9.50 Å². The molecular weight excluding hydrogens is 289 g/mol. The molecule has 3 aromatic rings. The fourth-order valence-corrected chi connectivity index (χ4v) is 2.60. The topological polar surface area (TPSA) is 33.1 Å². The van der Waals surface area contributed by atoms with Gasteiger partial charge in [-0.3, -0.25) is 4.98 Å². The van der Waals surface area contributed by atoms with E-state index in [9.17, 15) is 9.50 Å². The van der Waals surface area contributed by atoms with Gasteiger partial charge in [0.1, 0.15) is 11.9 Å². The van der Waals surface area contributed by atoms with Crippen LogP contribution in [0.15, 0.2) is 48.7 Å². The number of benzene rings is 2. The number of aromatic nitrogens is 1. The predicted molar refractivity (Wildman–Crippen MR) is 90.4 cm³/mol. The number of rotatable bonds is 3. The summed E-state index contributed by atoms with van der Waals surface area (Å²) in [6.07, 6.45) is 6.19. The van der Waals surface area contributed by atoms with Crippen molar-refractivity contribution >= 4 is 10.8 Å². The van der Waals surface area contributed by atoms with Gasteiger partial charge in [-0.25, -0.2) is 4.39 Å². The molecule has 3 heteroatoms. The fourth-order valence-electron chi connectivity index (χ4n) is 2.60. The van der Waals surface area contributed by atoms with Crippen LogP contribution < -0.4 is 0 Å². The molecule has 0 aliphatic heterocycles. The van der Waals surface area contributed by atoms with Crippen molar-refractivity contribution in [3.63, 3.8) is 0 Å². The Bertz CT molecular complexity index is 894. The van der Waals surface area contributed by atoms with Crippen molar-refractivity contribution in [3.8, 4) is 23.5 Å². The Morgan fingerprint density at radius 3 is 2.74 bits per heavy atom. The molecule has 3 rings (SSSR count). The lowest BCUT2D eigenvalue weighted by atomic mass is 10.00. The lowest BCUT2D eigenvalue weighted by Crippen LogP contribution is -2.08. The Balaban J connectivity index is 1.99. The van der Waals surface area contributed by atoms with Gasteiger partial charge in [0.2, 0.25) is 0 Å². The second-order valence-corrected chi connectivity index (χ2v) is 5.58. The number of hydrogen-bond acceptors (Lipinski definition) is 2. The van der Waals surface area contributed by atoms with Crippen molar-refractivity contribution in [1.82, 2.24) is 4.98 Å². The zero-order valence-corrected chi connectivity index (χ0v) is 12.8. The molecule has 0 saturated carbocycles. The second-order valence-electron chi connectivity index (χ2n) is 5.58. The molecule has 0 aliphatic rings. The summed E-state index contributed by atoms with van der Waals surface area (Å²) in [5.41, 5.74) is 2.99. The summed E-state index contributed by atoms with van der Waals surface area (Å²) >= 11 is 0. The van der Waals surface area contributed by atoms with E-state index in [1.165, 1.54) is 0 Å². The minimum Gasteiger partial charge on any atom is -0.380 e. The maximum Gasteiger partial charge on any atom is 0.138 e. The number of halogens is 1. The summed E-state index contributed by atoms with van der Waals surface area (Å²) in [5, 5.41) is 10.9. The van der Waals surface area contributed by atoms with E-state index in [0.717, 1.165) is 10.9 Å². The molecule has 0 spiro atoms. The van der Waals surface area contributed by atoms with E-state index < -0.39 is 6.10 Å². The van der Waals surface area contributed by atoms with Crippen molar-refractivity contribution in [3.05, 3.63) is 65.7 Å². The number of aliphatic hydroxyl groups is 1. The van der Waals surface area contributed by atoms with Crippen LogP contribution in [0.5, 0.6) is 0 Å². The average molecular weight is 305 g/mol. The van der Waals surface area contributed by atoms with Crippen LogP contribution in [-0.4, -0.2) is 16.2 Å². The van der Waals surface area contributed by atoms with Gasteiger partial charge in [-0.1, -0.05) is 47.9 Å². The van der Waals surface area contributed by atoms with Crippen LogP contribution in [-0.2, 0) is 6.42 Å². The van der Waals surface area contributed by atoms with Crippen molar-refractivity contribution in [2.24, 2.45) is 0 Å². The zero-order valence-electron chi connectivity index (χ0n) is 12.8. The quantitative estimate of drug-likeness (QED) is 0.745. The lowest BCUT2D eigenvalue weighted by Gasteiger charge is -2.09. The SMILES string of the molecule is C#CC(O)Cc1ccc(-c2ccc3cc(C)ccc3c2F)cn1. The maximum atomic E-state index is 14.8. The normalized spacial score (nSPS) is 12.1. The van der Waals surface area contributed by atoms with Crippen LogP contribution >= 0.6 is 0 Å². The molecule has 114 valence electrons. The smallest absolute Gasteiger partial charge is 0.138 e. The third kappa shape index (κ3) is 3.08. The summed E-state index contributed by atoms with van der Waals surface area (Å²) < 4.78 is 14.8. The third-order valence-electron chi connectivity index (χ3n) is 3.84. The molecular formula is C20H16FNO. The molecule has 1 unspecified atom stereocenters. The van der Waals surface area contributed by atoms with Crippen LogP contribution in [0.2, 0.25) is 0 Å². The van der Waals surface area contributed by atoms with Crippen molar-refractivity contribution in [1.29, 1.82) is 0 Å². The Morgan fingerprint density at radius 1 is 1.22 bits per heavy atom. The Hall–Kier alpha value is -2.70. The highest BCUT2D eigenvalue weighted by Crippen LogP contribution is 2.29. The molecule has 2 aromatic carbocycles. The molecule has 0 radical (unpaired) electrons. The highest BCUT2D eigenvalue weighted by Gasteiger charge is 2.10. The Kier molecular flexibility index (Phi) is 4.10. The molecule has 0 fully saturated rings. The first-order valence-electron chi connectivity index (χ1n) is 7.37. The molecule has 1 heterocycles. The van der Waals surface area contributed by atoms with Crippen LogP contribution in [0.1, 0.15) is 11.3 Å². The number of pyridine rings is 1. The monoisotopic (exact) mass is 305 g/mol. The fraction of sp³-hybridized carbons (Fsp3) is 0.150. The number of terminal acetylenes is 1. The third-order valence-corrected chi connectivity index (χ3v) is 3.84. The Labute approximate surface area is 134 Å². The van der Waals surface area contributed by atoms with Gasteiger partial charge < -0.3 is 5.11 Å². The van der Waals surface area contributed by atoms with Gasteiger partial charge in [0.05, 0.1) is 0 Å². The summed E-state index contributed by atoms with van der Waals surface area (Å²) in [6, 6.07) is 12.9. The van der Waals surface area contributed by atoms with E-state index in [2.05, 4.69) is 10.9 Å². The first kappa shape index (κ1) is 15.2. The number of fused-ring (bicyclic) bond motifs is 1. The molecule has 1 N–H and O–H groups in total. The van der Waals surface area contributed by atoms with Crippen molar-refractivity contribution in [2.45, 2.75) is 19.4 Å². The predicted octanol–water partition coefficient (Wildman–Crippen LogP) is 3.89. The zero-order chi connectivity index (χ0) is 16.4. The van der Waals surface area contributed by atoms with Crippen molar-refractivity contribution in [2.75, 3.05) is 0 Å². The van der Waals surface area contributed by atoms with Gasteiger partial charge in [-0.2, -0.15) is 0 Å². The van der Waals surface area contributed by atoms with Crippen LogP contribution in [0.4, 0.5) is 4.39 Å². The van der Waals surface area contributed by atoms with Crippen LogP contribution in [0.25, 0.3) is 21.9 Å². The van der Waals surface area contributed by atoms with Gasteiger partial charge in [-0.05, 0) is 18.4 Å². The second kappa shape index (κ2) is 6.20. The number of hydrogen-bond donors (Lipinski definition) is 1. The van der Waals surface area contributed by atoms with E-state index in [1.54, 1.807) is 30.5 Å². The summed E-state index contributed by atoms with van der Waals surface area (Å²) in [5.74, 6) is 2.00. The average Bonchev–Trinajstić information content (AvgIpc) is 2.56. The van der Waals surface area contributed by atoms with E-state index in [-0.39, 0.29) is 12.2 Å². The first-order valence-corrected chi connectivity index (χ1v) is 7.37. The minimum absolute atomic E-state index is 0.249. The van der Waals surface area contributed by atoms with E-state index in [0.29, 0.717) is 22.2 Å². The highest BCUT2D eigenvalue weighted by atomic mass is 19.1. The largest absolute Gasteiger partial charge is 0.380 e. The first-order chi connectivity index (χ1) is 11.1. The van der Waals surface area contributed by atoms with Gasteiger partial charge in [0.15, 0.2) is 0 Å². The standard InChI is InChI=1S/C20H16FNO/c1-3-17(23)11-16-7-5-15(12-22-16)19-9-6-14-10-13(2)4-8-18(14)20(19)21/h1,4-10,12,17,23H,11H2,2H3. The highest BCUT2D eigenvalue weighted by molar-refractivity contribution is 5.88.